The Balaban J connectivity index is 1.93. The van der Waals surface area contributed by atoms with Gasteiger partial charge >= 0.3 is 0 Å². The third-order valence-electron chi connectivity index (χ3n) is 4.44. The van der Waals surface area contributed by atoms with Crippen molar-refractivity contribution in [1.82, 2.24) is 0 Å². The molecule has 4 nitrogen and oxygen atoms in total. The van der Waals surface area contributed by atoms with Crippen LogP contribution in [0.15, 0.2) is 12.7 Å². The van der Waals surface area contributed by atoms with Crippen molar-refractivity contribution in [3.05, 3.63) is 12.7 Å². The topological polar surface area (TPSA) is 58.9 Å². The second kappa shape index (κ2) is 11.2. The number of ether oxygens (including phenoxy) is 2. The Bertz CT molecular complexity index is 316. The van der Waals surface area contributed by atoms with Crippen molar-refractivity contribution < 1.29 is 19.7 Å². The molecule has 3 atom stereocenters. The lowest BCUT2D eigenvalue weighted by Gasteiger charge is -2.16. The van der Waals surface area contributed by atoms with Gasteiger partial charge in [-0.1, -0.05) is 57.4 Å². The van der Waals surface area contributed by atoms with Crippen molar-refractivity contribution in [3.8, 4) is 0 Å². The smallest absolute Gasteiger partial charge is 0.164 e. The fourth-order valence-electron chi connectivity index (χ4n) is 3.16. The van der Waals surface area contributed by atoms with Gasteiger partial charge in [0.1, 0.15) is 6.10 Å². The molecule has 2 N–H and O–H groups in total. The standard InChI is InChI=1S/C19H36O4/c1-4-17-18(23-19(2,3)22-17)14-12-10-8-6-5-7-9-11-13-16(21)15-20/h4,16-18,20-21H,1,5-15H2,2-3H3/t16-,17-,18-/m1/s1. The van der Waals surface area contributed by atoms with Crippen molar-refractivity contribution in [2.24, 2.45) is 0 Å². The number of unbranched alkanes of at least 4 members (excludes halogenated alkanes) is 7. The molecule has 0 spiro atoms. The predicted molar refractivity (Wildman–Crippen MR) is 93.3 cm³/mol. The van der Waals surface area contributed by atoms with Crippen molar-refractivity contribution in [3.63, 3.8) is 0 Å². The molecule has 1 aliphatic rings. The Morgan fingerprint density at radius 3 is 2.13 bits per heavy atom. The summed E-state index contributed by atoms with van der Waals surface area (Å²) in [5.74, 6) is -0.479. The normalized spacial score (nSPS) is 24.7. The lowest BCUT2D eigenvalue weighted by molar-refractivity contribution is -0.143. The fourth-order valence-corrected chi connectivity index (χ4v) is 3.16. The first-order chi connectivity index (χ1) is 11.0. The Kier molecular flexibility index (Phi) is 10.0. The summed E-state index contributed by atoms with van der Waals surface area (Å²) < 4.78 is 11.7. The average Bonchev–Trinajstić information content (AvgIpc) is 2.82. The van der Waals surface area contributed by atoms with Gasteiger partial charge in [-0.15, -0.1) is 6.58 Å². The van der Waals surface area contributed by atoms with E-state index in [1.165, 1.54) is 38.5 Å². The van der Waals surface area contributed by atoms with Crippen LogP contribution < -0.4 is 0 Å². The summed E-state index contributed by atoms with van der Waals surface area (Å²) in [5, 5.41) is 18.0. The largest absolute Gasteiger partial charge is 0.394 e. The third-order valence-corrected chi connectivity index (χ3v) is 4.44. The second-order valence-electron chi connectivity index (χ2n) is 7.12. The quantitative estimate of drug-likeness (QED) is 0.397. The Labute approximate surface area is 141 Å². The summed E-state index contributed by atoms with van der Waals surface area (Å²) in [6, 6.07) is 0. The van der Waals surface area contributed by atoms with Crippen molar-refractivity contribution in [1.29, 1.82) is 0 Å². The first-order valence-electron chi connectivity index (χ1n) is 9.25. The van der Waals surface area contributed by atoms with E-state index in [0.29, 0.717) is 0 Å². The fraction of sp³-hybridized carbons (Fsp3) is 0.895. The number of rotatable bonds is 13. The Morgan fingerprint density at radius 1 is 1.00 bits per heavy atom. The van der Waals surface area contributed by atoms with Crippen LogP contribution in [0.2, 0.25) is 0 Å². The molecule has 0 radical (unpaired) electrons. The van der Waals surface area contributed by atoms with E-state index < -0.39 is 11.9 Å². The highest BCUT2D eigenvalue weighted by molar-refractivity contribution is 4.92. The number of aliphatic hydroxyl groups is 2. The van der Waals surface area contributed by atoms with Gasteiger partial charge in [-0.2, -0.15) is 0 Å². The van der Waals surface area contributed by atoms with Gasteiger partial charge in [-0.25, -0.2) is 0 Å². The van der Waals surface area contributed by atoms with Crippen LogP contribution in [0, 0.1) is 0 Å². The van der Waals surface area contributed by atoms with Gasteiger partial charge in [0.2, 0.25) is 0 Å². The highest BCUT2D eigenvalue weighted by Gasteiger charge is 2.38. The van der Waals surface area contributed by atoms with Gasteiger partial charge in [-0.05, 0) is 26.7 Å². The number of hydrogen-bond donors (Lipinski definition) is 2. The first kappa shape index (κ1) is 20.6. The van der Waals surface area contributed by atoms with Crippen molar-refractivity contribution in [2.45, 2.75) is 102 Å². The predicted octanol–water partition coefficient (Wildman–Crippen LogP) is 3.95. The molecule has 1 saturated heterocycles. The zero-order valence-electron chi connectivity index (χ0n) is 15.0. The van der Waals surface area contributed by atoms with E-state index in [-0.39, 0.29) is 18.8 Å². The molecular weight excluding hydrogens is 292 g/mol. The third kappa shape index (κ3) is 8.85. The molecule has 4 heteroatoms. The molecule has 1 fully saturated rings. The van der Waals surface area contributed by atoms with Crippen LogP contribution in [0.1, 0.15) is 78.1 Å². The summed E-state index contributed by atoms with van der Waals surface area (Å²) in [7, 11) is 0. The number of aliphatic hydroxyl groups excluding tert-OH is 2. The van der Waals surface area contributed by atoms with Crippen LogP contribution in [0.3, 0.4) is 0 Å². The maximum Gasteiger partial charge on any atom is 0.164 e. The molecule has 0 unspecified atom stereocenters. The van der Waals surface area contributed by atoms with Gasteiger partial charge in [0.05, 0.1) is 18.8 Å². The summed E-state index contributed by atoms with van der Waals surface area (Å²) in [6.45, 7) is 7.64. The number of hydrogen-bond acceptors (Lipinski definition) is 4. The van der Waals surface area contributed by atoms with Gasteiger partial charge in [0.25, 0.3) is 0 Å². The zero-order chi connectivity index (χ0) is 17.1. The van der Waals surface area contributed by atoms with Gasteiger partial charge in [0.15, 0.2) is 5.79 Å². The molecule has 1 heterocycles. The van der Waals surface area contributed by atoms with E-state index in [9.17, 15) is 5.11 Å². The first-order valence-corrected chi connectivity index (χ1v) is 9.25. The molecule has 0 aromatic rings. The molecule has 0 bridgehead atoms. The lowest BCUT2D eigenvalue weighted by Crippen LogP contribution is -2.21. The van der Waals surface area contributed by atoms with E-state index in [2.05, 4.69) is 6.58 Å². The van der Waals surface area contributed by atoms with E-state index in [1.807, 2.05) is 19.9 Å². The zero-order valence-corrected chi connectivity index (χ0v) is 15.0. The summed E-state index contributed by atoms with van der Waals surface area (Å²) in [6.07, 6.45) is 12.9. The average molecular weight is 328 g/mol. The Hall–Kier alpha value is -0.420. The molecule has 1 aliphatic heterocycles. The van der Waals surface area contributed by atoms with Crippen molar-refractivity contribution in [2.75, 3.05) is 6.61 Å². The van der Waals surface area contributed by atoms with Crippen LogP contribution in [-0.4, -0.2) is 40.9 Å². The van der Waals surface area contributed by atoms with E-state index >= 15 is 0 Å². The maximum atomic E-state index is 9.24. The molecule has 0 saturated carbocycles. The molecular formula is C19H36O4. The van der Waals surface area contributed by atoms with Gasteiger partial charge < -0.3 is 19.7 Å². The molecule has 0 aromatic heterocycles. The Morgan fingerprint density at radius 2 is 1.57 bits per heavy atom. The van der Waals surface area contributed by atoms with Crippen LogP contribution in [0.4, 0.5) is 0 Å². The van der Waals surface area contributed by atoms with Gasteiger partial charge in [-0.3, -0.25) is 0 Å². The molecule has 0 amide bonds. The molecule has 0 aliphatic carbocycles. The highest BCUT2D eigenvalue weighted by atomic mass is 16.7. The lowest BCUT2D eigenvalue weighted by atomic mass is 10.0. The highest BCUT2D eigenvalue weighted by Crippen LogP contribution is 2.31. The molecule has 136 valence electrons. The molecule has 0 aromatic carbocycles. The summed E-state index contributed by atoms with van der Waals surface area (Å²) in [5.41, 5.74) is 0. The van der Waals surface area contributed by atoms with E-state index in [0.717, 1.165) is 25.7 Å². The SMILES string of the molecule is C=C[C@H]1OC(C)(C)O[C@@H]1CCCCCCCCCC[C@@H](O)CO. The molecule has 23 heavy (non-hydrogen) atoms. The van der Waals surface area contributed by atoms with E-state index in [1.54, 1.807) is 0 Å². The summed E-state index contributed by atoms with van der Waals surface area (Å²) in [4.78, 5) is 0. The van der Waals surface area contributed by atoms with Crippen LogP contribution in [0.25, 0.3) is 0 Å². The molecule has 1 rings (SSSR count). The maximum absolute atomic E-state index is 9.24. The van der Waals surface area contributed by atoms with Crippen LogP contribution in [0.5, 0.6) is 0 Å². The minimum absolute atomic E-state index is 0.0271. The minimum Gasteiger partial charge on any atom is -0.394 e. The van der Waals surface area contributed by atoms with E-state index in [4.69, 9.17) is 14.6 Å². The van der Waals surface area contributed by atoms with Crippen molar-refractivity contribution >= 4 is 0 Å². The monoisotopic (exact) mass is 328 g/mol. The minimum atomic E-state index is -0.527. The van der Waals surface area contributed by atoms with Gasteiger partial charge in [0, 0.05) is 0 Å². The van der Waals surface area contributed by atoms with Crippen LogP contribution in [-0.2, 0) is 9.47 Å². The van der Waals surface area contributed by atoms with Crippen LogP contribution >= 0.6 is 0 Å². The summed E-state index contributed by atoms with van der Waals surface area (Å²) >= 11 is 0. The second-order valence-corrected chi connectivity index (χ2v) is 7.12.